The van der Waals surface area contributed by atoms with Crippen molar-refractivity contribution in [1.29, 1.82) is 5.26 Å². The molecule has 0 aliphatic carbocycles. The molecular weight excluding hydrogens is 595 g/mol. The summed E-state index contributed by atoms with van der Waals surface area (Å²) < 4.78 is 6.71. The highest BCUT2D eigenvalue weighted by Gasteiger charge is 2.21. The predicted molar refractivity (Wildman–Crippen MR) is 205 cm³/mol. The largest absolute Gasteiger partial charge is 0.456 e. The van der Waals surface area contributed by atoms with E-state index in [2.05, 4.69) is 158 Å². The second-order valence-corrected chi connectivity index (χ2v) is 12.7. The summed E-state index contributed by atoms with van der Waals surface area (Å²) in [6, 6.07) is 60.2. The highest BCUT2D eigenvalue weighted by molar-refractivity contribution is 6.24. The first-order valence-electron chi connectivity index (χ1n) is 16.6. The van der Waals surface area contributed by atoms with Gasteiger partial charge in [0.05, 0.1) is 5.56 Å². The van der Waals surface area contributed by atoms with Crippen LogP contribution in [0.2, 0.25) is 0 Å². The Hall–Kier alpha value is -6.69. The van der Waals surface area contributed by atoms with Gasteiger partial charge in [0, 0.05) is 21.5 Å². The Morgan fingerprint density at radius 3 is 1.41 bits per heavy atom. The number of furan rings is 1. The molecule has 0 N–H and O–H groups in total. The Labute approximate surface area is 282 Å². The highest BCUT2D eigenvalue weighted by Crippen LogP contribution is 2.47. The molecule has 0 saturated carbocycles. The average molecular weight is 622 g/mol. The Bertz CT molecular complexity index is 2880. The molecule has 0 aliphatic rings. The predicted octanol–water partition coefficient (Wildman–Crippen LogP) is 13.1. The average Bonchev–Trinajstić information content (AvgIpc) is 3.54. The summed E-state index contributed by atoms with van der Waals surface area (Å²) in [7, 11) is 0. The minimum absolute atomic E-state index is 0.710. The van der Waals surface area contributed by atoms with E-state index in [0.29, 0.717) is 5.56 Å². The van der Waals surface area contributed by atoms with Gasteiger partial charge in [0.1, 0.15) is 17.2 Å². The summed E-state index contributed by atoms with van der Waals surface area (Å²) in [5.41, 5.74) is 9.42. The van der Waals surface area contributed by atoms with E-state index in [1.54, 1.807) is 0 Å². The molecule has 10 aromatic rings. The lowest BCUT2D eigenvalue weighted by molar-refractivity contribution is 0.669. The zero-order valence-corrected chi connectivity index (χ0v) is 26.4. The molecule has 0 saturated heterocycles. The van der Waals surface area contributed by atoms with E-state index in [4.69, 9.17) is 4.42 Å². The molecule has 2 heteroatoms. The molecule has 0 spiro atoms. The van der Waals surface area contributed by atoms with Crippen molar-refractivity contribution >= 4 is 65.0 Å². The number of nitriles is 1. The van der Waals surface area contributed by atoms with E-state index < -0.39 is 0 Å². The summed E-state index contributed by atoms with van der Waals surface area (Å²) in [5.74, 6) is 0. The van der Waals surface area contributed by atoms with Crippen molar-refractivity contribution in [3.8, 4) is 39.4 Å². The Morgan fingerprint density at radius 2 is 0.857 bits per heavy atom. The fourth-order valence-corrected chi connectivity index (χ4v) is 8.08. The summed E-state index contributed by atoms with van der Waals surface area (Å²) in [6.07, 6.45) is 0. The lowest BCUT2D eigenvalue weighted by Gasteiger charge is -2.17. The van der Waals surface area contributed by atoms with E-state index in [9.17, 15) is 5.26 Å². The SMILES string of the molecule is N#Cc1c2ccccc2c(-c2cccc3oc4cc(-c5c6ccccc6c(-c6ccccc6)c6ccccc56)ccc4c23)c2ccccc12. The summed E-state index contributed by atoms with van der Waals surface area (Å²) in [6.45, 7) is 0. The fraction of sp³-hybridized carbons (Fsp3) is 0. The molecule has 2 nitrogen and oxygen atoms in total. The molecular formula is C47H27NO. The fourth-order valence-electron chi connectivity index (χ4n) is 8.08. The lowest BCUT2D eigenvalue weighted by atomic mass is 9.85. The lowest BCUT2D eigenvalue weighted by Crippen LogP contribution is -1.91. The van der Waals surface area contributed by atoms with Crippen molar-refractivity contribution in [2.45, 2.75) is 0 Å². The van der Waals surface area contributed by atoms with E-state index in [0.717, 1.165) is 60.2 Å². The molecule has 0 atom stereocenters. The third-order valence-electron chi connectivity index (χ3n) is 10.1. The molecule has 1 heterocycles. The molecule has 10 rings (SSSR count). The minimum atomic E-state index is 0.710. The Kier molecular flexibility index (Phi) is 5.97. The molecule has 9 aromatic carbocycles. The standard InChI is InChI=1S/C47H27NO/c48-28-41-31-15-4-6-17-33(31)46(34-18-7-5-16-32(34)41)40-23-12-24-42-47(40)39-26-25-30(27-43(39)49-42)45-37-21-10-8-19-35(37)44(29-13-2-1-3-14-29)36-20-9-11-22-38(36)45/h1-27H. The number of hydrogen-bond donors (Lipinski definition) is 0. The third-order valence-corrected chi connectivity index (χ3v) is 10.1. The molecule has 1 aromatic heterocycles. The zero-order valence-electron chi connectivity index (χ0n) is 26.4. The summed E-state index contributed by atoms with van der Waals surface area (Å²) in [5, 5.41) is 21.3. The van der Waals surface area contributed by atoms with Crippen LogP contribution in [0.25, 0.3) is 98.4 Å². The van der Waals surface area contributed by atoms with Crippen LogP contribution in [0.15, 0.2) is 168 Å². The molecule has 0 fully saturated rings. The first-order chi connectivity index (χ1) is 24.3. The van der Waals surface area contributed by atoms with Crippen LogP contribution in [-0.2, 0) is 0 Å². The van der Waals surface area contributed by atoms with Crippen LogP contribution in [0.5, 0.6) is 0 Å². The van der Waals surface area contributed by atoms with Crippen molar-refractivity contribution in [2.24, 2.45) is 0 Å². The molecule has 0 radical (unpaired) electrons. The molecule has 49 heavy (non-hydrogen) atoms. The molecule has 0 unspecified atom stereocenters. The second kappa shape index (κ2) is 10.7. The molecule has 0 amide bonds. The van der Waals surface area contributed by atoms with Crippen molar-refractivity contribution in [3.63, 3.8) is 0 Å². The van der Waals surface area contributed by atoms with Crippen molar-refractivity contribution in [2.75, 3.05) is 0 Å². The van der Waals surface area contributed by atoms with Crippen LogP contribution in [0, 0.1) is 11.3 Å². The first-order valence-corrected chi connectivity index (χ1v) is 16.6. The number of nitrogens with zero attached hydrogens (tertiary/aromatic N) is 1. The van der Waals surface area contributed by atoms with Gasteiger partial charge in [-0.2, -0.15) is 5.26 Å². The van der Waals surface area contributed by atoms with Gasteiger partial charge in [0.2, 0.25) is 0 Å². The highest BCUT2D eigenvalue weighted by atomic mass is 16.3. The van der Waals surface area contributed by atoms with Gasteiger partial charge in [-0.1, -0.05) is 146 Å². The zero-order chi connectivity index (χ0) is 32.5. The Balaban J connectivity index is 1.26. The number of benzene rings is 9. The van der Waals surface area contributed by atoms with Crippen LogP contribution in [0.1, 0.15) is 5.56 Å². The van der Waals surface area contributed by atoms with Gasteiger partial charge in [-0.15, -0.1) is 0 Å². The van der Waals surface area contributed by atoms with Gasteiger partial charge in [-0.3, -0.25) is 0 Å². The van der Waals surface area contributed by atoms with Gasteiger partial charge in [0.15, 0.2) is 0 Å². The number of rotatable bonds is 3. The van der Waals surface area contributed by atoms with Gasteiger partial charge in [-0.25, -0.2) is 0 Å². The Morgan fingerprint density at radius 1 is 0.367 bits per heavy atom. The maximum absolute atomic E-state index is 10.2. The van der Waals surface area contributed by atoms with Gasteiger partial charge in [-0.05, 0) is 83.9 Å². The third kappa shape index (κ3) is 4.00. The normalized spacial score (nSPS) is 11.7. The van der Waals surface area contributed by atoms with Gasteiger partial charge in [0.25, 0.3) is 0 Å². The topological polar surface area (TPSA) is 36.9 Å². The van der Waals surface area contributed by atoms with Crippen LogP contribution in [-0.4, -0.2) is 0 Å². The molecule has 0 aliphatic heterocycles. The quantitative estimate of drug-likeness (QED) is 0.184. The van der Waals surface area contributed by atoms with Crippen molar-refractivity contribution in [3.05, 3.63) is 169 Å². The van der Waals surface area contributed by atoms with Crippen LogP contribution < -0.4 is 0 Å². The van der Waals surface area contributed by atoms with Crippen molar-refractivity contribution in [1.82, 2.24) is 0 Å². The second-order valence-electron chi connectivity index (χ2n) is 12.7. The number of fused-ring (bicyclic) bond motifs is 7. The van der Waals surface area contributed by atoms with Crippen LogP contribution >= 0.6 is 0 Å². The van der Waals surface area contributed by atoms with Crippen LogP contribution in [0.3, 0.4) is 0 Å². The van der Waals surface area contributed by atoms with Crippen LogP contribution in [0.4, 0.5) is 0 Å². The van der Waals surface area contributed by atoms with E-state index >= 15 is 0 Å². The molecule has 0 bridgehead atoms. The van der Waals surface area contributed by atoms with Gasteiger partial charge < -0.3 is 4.42 Å². The number of hydrogen-bond acceptors (Lipinski definition) is 2. The molecule has 226 valence electrons. The minimum Gasteiger partial charge on any atom is -0.456 e. The smallest absolute Gasteiger partial charge is 0.136 e. The maximum Gasteiger partial charge on any atom is 0.136 e. The van der Waals surface area contributed by atoms with Crippen molar-refractivity contribution < 1.29 is 4.42 Å². The van der Waals surface area contributed by atoms with Gasteiger partial charge >= 0.3 is 0 Å². The monoisotopic (exact) mass is 621 g/mol. The maximum atomic E-state index is 10.2. The van der Waals surface area contributed by atoms with E-state index in [-0.39, 0.29) is 0 Å². The summed E-state index contributed by atoms with van der Waals surface area (Å²) >= 11 is 0. The van der Waals surface area contributed by atoms with E-state index in [1.807, 2.05) is 12.1 Å². The van der Waals surface area contributed by atoms with E-state index in [1.165, 1.54) is 38.2 Å². The summed E-state index contributed by atoms with van der Waals surface area (Å²) in [4.78, 5) is 0. The first kappa shape index (κ1) is 27.4.